The van der Waals surface area contributed by atoms with Gasteiger partial charge in [-0.3, -0.25) is 9.59 Å². The van der Waals surface area contributed by atoms with Gasteiger partial charge < -0.3 is 24.8 Å². The number of hydrogen-bond acceptors (Lipinski definition) is 6. The average Bonchev–Trinajstić information content (AvgIpc) is 2.99. The number of aliphatic carboxylic acids is 1. The zero-order chi connectivity index (χ0) is 23.0. The largest absolute Gasteiger partial charge is 0.489 e. The second-order valence-corrected chi connectivity index (χ2v) is 9.75. The van der Waals surface area contributed by atoms with E-state index in [0.717, 1.165) is 0 Å². The average molecular weight is 447 g/mol. The molecule has 2 aliphatic heterocycles. The van der Waals surface area contributed by atoms with E-state index < -0.39 is 39.5 Å². The molecule has 3 rings (SSSR count). The van der Waals surface area contributed by atoms with Crippen LogP contribution in [0.3, 0.4) is 0 Å². The summed E-state index contributed by atoms with van der Waals surface area (Å²) in [5, 5.41) is 11.9. The van der Waals surface area contributed by atoms with Crippen LogP contribution in [0, 0.1) is 0 Å². The number of benzene rings is 1. The standard InChI is InChI=1S/C22H26N2O6S/c1-6-11-29-13-9-8-10-14(30-12-7-2)15(13)17(25)23-22(5)19(28)24-16(18(26)27)21(3,4)31-20(22)24/h6-10,16,20H,1-2,11-12H2,3-5H3,(H,23,25)(H,26,27)/t16-,20+,22?/m0/s1. The Morgan fingerprint density at radius 2 is 1.74 bits per heavy atom. The number of carbonyl (C=O) groups excluding carboxylic acids is 2. The Kier molecular flexibility index (Phi) is 6.09. The van der Waals surface area contributed by atoms with Gasteiger partial charge in [0.05, 0.1) is 0 Å². The van der Waals surface area contributed by atoms with Gasteiger partial charge in [-0.2, -0.15) is 0 Å². The second kappa shape index (κ2) is 8.30. The highest BCUT2D eigenvalue weighted by molar-refractivity contribution is 8.01. The molecule has 1 unspecified atom stereocenters. The van der Waals surface area contributed by atoms with Gasteiger partial charge in [0, 0.05) is 4.75 Å². The predicted octanol–water partition coefficient (Wildman–Crippen LogP) is 2.45. The summed E-state index contributed by atoms with van der Waals surface area (Å²) in [7, 11) is 0. The normalized spacial score (nSPS) is 25.8. The van der Waals surface area contributed by atoms with E-state index in [4.69, 9.17) is 9.47 Å². The van der Waals surface area contributed by atoms with E-state index in [1.165, 1.54) is 16.7 Å². The first-order valence-electron chi connectivity index (χ1n) is 9.74. The summed E-state index contributed by atoms with van der Waals surface area (Å²) in [5.41, 5.74) is -1.11. The van der Waals surface area contributed by atoms with Gasteiger partial charge in [0.2, 0.25) is 0 Å². The molecule has 2 N–H and O–H groups in total. The maximum Gasteiger partial charge on any atom is 0.327 e. The van der Waals surface area contributed by atoms with E-state index in [-0.39, 0.29) is 30.3 Å². The van der Waals surface area contributed by atoms with Gasteiger partial charge >= 0.3 is 5.97 Å². The van der Waals surface area contributed by atoms with Crippen molar-refractivity contribution in [3.63, 3.8) is 0 Å². The van der Waals surface area contributed by atoms with Crippen LogP contribution in [0.4, 0.5) is 0 Å². The summed E-state index contributed by atoms with van der Waals surface area (Å²) < 4.78 is 10.6. The molecule has 0 aromatic heterocycles. The maximum atomic E-state index is 13.3. The van der Waals surface area contributed by atoms with Crippen LogP contribution in [0.5, 0.6) is 11.5 Å². The van der Waals surface area contributed by atoms with E-state index >= 15 is 0 Å². The summed E-state index contributed by atoms with van der Waals surface area (Å²) in [6.45, 7) is 12.8. The Hall–Kier alpha value is -2.94. The monoisotopic (exact) mass is 446 g/mol. The van der Waals surface area contributed by atoms with E-state index in [9.17, 15) is 19.5 Å². The smallest absolute Gasteiger partial charge is 0.327 e. The van der Waals surface area contributed by atoms with Crippen molar-refractivity contribution in [2.75, 3.05) is 13.2 Å². The summed E-state index contributed by atoms with van der Waals surface area (Å²) in [4.78, 5) is 39.4. The first-order valence-corrected chi connectivity index (χ1v) is 10.6. The topological polar surface area (TPSA) is 105 Å². The van der Waals surface area contributed by atoms with Gasteiger partial charge in [0.1, 0.15) is 47.2 Å². The molecule has 1 aromatic carbocycles. The van der Waals surface area contributed by atoms with E-state index in [0.29, 0.717) is 0 Å². The number of β-lactam (4-membered cyclic amide) rings is 1. The van der Waals surface area contributed by atoms with Crippen LogP contribution in [0.15, 0.2) is 43.5 Å². The lowest BCUT2D eigenvalue weighted by atomic mass is 9.86. The fourth-order valence-electron chi connectivity index (χ4n) is 3.91. The molecular formula is C22H26N2O6S. The highest BCUT2D eigenvalue weighted by Crippen LogP contribution is 2.54. The van der Waals surface area contributed by atoms with Crippen molar-refractivity contribution in [1.29, 1.82) is 0 Å². The number of rotatable bonds is 9. The minimum atomic E-state index is -1.26. The third-order valence-electron chi connectivity index (χ3n) is 5.31. The van der Waals surface area contributed by atoms with Gasteiger partial charge in [-0.25, -0.2) is 4.79 Å². The first-order chi connectivity index (χ1) is 14.6. The van der Waals surface area contributed by atoms with E-state index in [1.54, 1.807) is 51.1 Å². The fraction of sp³-hybridized carbons (Fsp3) is 0.409. The van der Waals surface area contributed by atoms with Gasteiger partial charge in [0.15, 0.2) is 0 Å². The van der Waals surface area contributed by atoms with Crippen LogP contribution in [0.1, 0.15) is 31.1 Å². The van der Waals surface area contributed by atoms with Gasteiger partial charge in [-0.1, -0.05) is 31.4 Å². The Bertz CT molecular complexity index is 916. The summed E-state index contributed by atoms with van der Waals surface area (Å²) >= 11 is 1.36. The Morgan fingerprint density at radius 1 is 1.19 bits per heavy atom. The third kappa shape index (κ3) is 3.78. The zero-order valence-electron chi connectivity index (χ0n) is 17.7. The van der Waals surface area contributed by atoms with Crippen LogP contribution < -0.4 is 14.8 Å². The Morgan fingerprint density at radius 3 is 2.23 bits per heavy atom. The third-order valence-corrected chi connectivity index (χ3v) is 7.07. The molecule has 9 heteroatoms. The van der Waals surface area contributed by atoms with Crippen LogP contribution in [0.25, 0.3) is 0 Å². The molecule has 3 atom stereocenters. The molecule has 8 nitrogen and oxygen atoms in total. The van der Waals surface area contributed by atoms with E-state index in [1.807, 2.05) is 0 Å². The number of ether oxygens (including phenoxy) is 2. The lowest BCUT2D eigenvalue weighted by Gasteiger charge is -2.51. The van der Waals surface area contributed by atoms with Crippen LogP contribution in [0.2, 0.25) is 0 Å². The van der Waals surface area contributed by atoms with Crippen molar-refractivity contribution >= 4 is 29.5 Å². The molecule has 2 saturated heterocycles. The highest BCUT2D eigenvalue weighted by atomic mass is 32.2. The summed E-state index contributed by atoms with van der Waals surface area (Å²) in [6.07, 6.45) is 3.10. The number of thioether (sulfide) groups is 1. The van der Waals surface area contributed by atoms with Crippen molar-refractivity contribution in [3.8, 4) is 11.5 Å². The zero-order valence-corrected chi connectivity index (χ0v) is 18.5. The molecule has 166 valence electrons. The molecule has 31 heavy (non-hydrogen) atoms. The number of fused-ring (bicyclic) bond motifs is 1. The molecular weight excluding hydrogens is 420 g/mol. The molecule has 0 bridgehead atoms. The number of nitrogens with zero attached hydrogens (tertiary/aromatic N) is 1. The number of hydrogen-bond donors (Lipinski definition) is 2. The van der Waals surface area contributed by atoms with Crippen LogP contribution >= 0.6 is 11.8 Å². The van der Waals surface area contributed by atoms with Crippen molar-refractivity contribution in [1.82, 2.24) is 10.2 Å². The molecule has 1 aromatic rings. The number of carboxylic acid groups (broad SMARTS) is 1. The molecule has 2 fully saturated rings. The molecule has 0 aliphatic carbocycles. The lowest BCUT2D eigenvalue weighted by Crippen LogP contribution is -2.78. The predicted molar refractivity (Wildman–Crippen MR) is 117 cm³/mol. The molecule has 0 spiro atoms. The first kappa shape index (κ1) is 22.7. The Balaban J connectivity index is 1.91. The van der Waals surface area contributed by atoms with Gasteiger partial charge in [0.25, 0.3) is 11.8 Å². The molecule has 0 saturated carbocycles. The number of carboxylic acids is 1. The summed E-state index contributed by atoms with van der Waals surface area (Å²) in [6, 6.07) is 3.99. The lowest BCUT2D eigenvalue weighted by molar-refractivity contribution is -0.165. The quantitative estimate of drug-likeness (QED) is 0.443. The minimum Gasteiger partial charge on any atom is -0.489 e. The van der Waals surface area contributed by atoms with Crippen LogP contribution in [-0.4, -0.2) is 62.7 Å². The van der Waals surface area contributed by atoms with Crippen molar-refractivity contribution in [3.05, 3.63) is 49.1 Å². The Labute approximate surface area is 185 Å². The van der Waals surface area contributed by atoms with E-state index in [2.05, 4.69) is 18.5 Å². The number of carbonyl (C=O) groups is 3. The second-order valence-electron chi connectivity index (χ2n) is 8.01. The fourth-order valence-corrected chi connectivity index (χ4v) is 5.55. The molecule has 2 aliphatic rings. The molecule has 2 heterocycles. The van der Waals surface area contributed by atoms with Crippen LogP contribution in [-0.2, 0) is 9.59 Å². The SMILES string of the molecule is C=CCOc1cccc(OCC=C)c1C(=O)NC1(C)C(=O)N2[C@@H](C(=O)O)C(C)(C)S[C@@H]21. The van der Waals surface area contributed by atoms with Gasteiger partial charge in [-0.05, 0) is 32.9 Å². The molecule has 0 radical (unpaired) electrons. The number of amides is 2. The highest BCUT2D eigenvalue weighted by Gasteiger charge is 2.70. The van der Waals surface area contributed by atoms with Crippen molar-refractivity contribution in [2.24, 2.45) is 0 Å². The maximum absolute atomic E-state index is 13.3. The number of nitrogens with one attached hydrogen (secondary N) is 1. The minimum absolute atomic E-state index is 0.149. The van der Waals surface area contributed by atoms with Gasteiger partial charge in [-0.15, -0.1) is 11.8 Å². The van der Waals surface area contributed by atoms with Crippen molar-refractivity contribution < 1.29 is 29.0 Å². The summed E-state index contributed by atoms with van der Waals surface area (Å²) in [5.74, 6) is -1.48. The van der Waals surface area contributed by atoms with Crippen molar-refractivity contribution in [2.45, 2.75) is 42.5 Å². The molecule has 2 amide bonds.